The maximum Gasteiger partial charge on any atom is 0.0899 e. The first-order valence-electron chi connectivity index (χ1n) is 3.27. The fourth-order valence-electron chi connectivity index (χ4n) is 0.912. The van der Waals surface area contributed by atoms with Crippen LogP contribution in [0.2, 0.25) is 0 Å². The van der Waals surface area contributed by atoms with Crippen LogP contribution < -0.4 is 0 Å². The molecule has 0 radical (unpaired) electrons. The highest BCUT2D eigenvalue weighted by Gasteiger charge is 2.22. The molecule has 1 heterocycles. The molecule has 0 bridgehead atoms. The quantitative estimate of drug-likeness (QED) is 0.436. The summed E-state index contributed by atoms with van der Waals surface area (Å²) in [5.41, 5.74) is 0. The van der Waals surface area contributed by atoms with Crippen LogP contribution in [0.15, 0.2) is 0 Å². The molecular formula is C6H14NOS+. The van der Waals surface area contributed by atoms with Gasteiger partial charge in [0.2, 0.25) is 0 Å². The lowest BCUT2D eigenvalue weighted by Gasteiger charge is -2.32. The van der Waals surface area contributed by atoms with E-state index >= 15 is 0 Å². The number of nitrogens with zero attached hydrogens (tertiary/aromatic N) is 1. The molecule has 0 unspecified atom stereocenters. The number of hydrogen-bond acceptors (Lipinski definition) is 1. The standard InChI is InChI=1S/C6H14NOS/c1-7(2)3-5-9(8)6-4-7/h3-6H2,1-2H3/q+1. The Morgan fingerprint density at radius 2 is 1.67 bits per heavy atom. The van der Waals surface area contributed by atoms with Crippen molar-refractivity contribution >= 4 is 10.8 Å². The third-order valence-corrected chi connectivity index (χ3v) is 3.12. The van der Waals surface area contributed by atoms with E-state index in [1.807, 2.05) is 0 Å². The van der Waals surface area contributed by atoms with Gasteiger partial charge in [0, 0.05) is 10.8 Å². The topological polar surface area (TPSA) is 17.1 Å². The van der Waals surface area contributed by atoms with Crippen LogP contribution in [0.25, 0.3) is 0 Å². The second-order valence-electron chi connectivity index (χ2n) is 3.23. The Morgan fingerprint density at radius 1 is 1.22 bits per heavy atom. The van der Waals surface area contributed by atoms with Crippen LogP contribution >= 0.6 is 0 Å². The molecule has 3 heteroatoms. The average molecular weight is 148 g/mol. The van der Waals surface area contributed by atoms with Crippen LogP contribution in [0, 0.1) is 0 Å². The van der Waals surface area contributed by atoms with Crippen molar-refractivity contribution < 1.29 is 8.69 Å². The molecule has 0 spiro atoms. The second kappa shape index (κ2) is 2.39. The van der Waals surface area contributed by atoms with Gasteiger partial charge < -0.3 is 4.48 Å². The van der Waals surface area contributed by atoms with Gasteiger partial charge in [0.05, 0.1) is 38.7 Å². The van der Waals surface area contributed by atoms with Gasteiger partial charge in [-0.05, 0) is 0 Å². The minimum absolute atomic E-state index is 0.502. The molecule has 0 aliphatic carbocycles. The summed E-state index contributed by atoms with van der Waals surface area (Å²) < 4.78 is 11.9. The predicted octanol–water partition coefficient (Wildman–Crippen LogP) is -0.175. The van der Waals surface area contributed by atoms with Crippen LogP contribution in [-0.4, -0.2) is 47.4 Å². The van der Waals surface area contributed by atoms with Crippen LogP contribution in [0.5, 0.6) is 0 Å². The van der Waals surface area contributed by atoms with Crippen molar-refractivity contribution in [2.75, 3.05) is 38.7 Å². The Hall–Kier alpha value is 0.110. The van der Waals surface area contributed by atoms with Crippen molar-refractivity contribution in [1.29, 1.82) is 0 Å². The van der Waals surface area contributed by atoms with Crippen molar-refractivity contribution in [3.05, 3.63) is 0 Å². The van der Waals surface area contributed by atoms with Crippen molar-refractivity contribution in [2.24, 2.45) is 0 Å². The summed E-state index contributed by atoms with van der Waals surface area (Å²) in [6.45, 7) is 2.15. The molecule has 1 fully saturated rings. The van der Waals surface area contributed by atoms with Crippen molar-refractivity contribution in [1.82, 2.24) is 0 Å². The molecule has 0 aromatic rings. The zero-order chi connectivity index (χ0) is 6.91. The SMILES string of the molecule is C[N+]1(C)CCS(=O)CC1. The molecule has 1 rings (SSSR count). The largest absolute Gasteiger partial charge is 0.327 e. The first-order valence-corrected chi connectivity index (χ1v) is 4.76. The first kappa shape index (κ1) is 7.22. The van der Waals surface area contributed by atoms with Crippen LogP contribution in [0.1, 0.15) is 0 Å². The van der Waals surface area contributed by atoms with Crippen LogP contribution in [0.3, 0.4) is 0 Å². The van der Waals surface area contributed by atoms with E-state index in [2.05, 4.69) is 14.1 Å². The Bertz CT molecular complexity index is 121. The van der Waals surface area contributed by atoms with Crippen LogP contribution in [0.4, 0.5) is 0 Å². The fraction of sp³-hybridized carbons (Fsp3) is 1.00. The highest BCUT2D eigenvalue weighted by molar-refractivity contribution is 7.85. The molecule has 1 aliphatic rings. The average Bonchev–Trinajstić information content (AvgIpc) is 1.78. The lowest BCUT2D eigenvalue weighted by molar-refractivity contribution is -0.886. The summed E-state index contributed by atoms with van der Waals surface area (Å²) in [4.78, 5) is 0. The summed E-state index contributed by atoms with van der Waals surface area (Å²) in [7, 11) is 3.88. The maximum atomic E-state index is 10.9. The molecule has 0 aromatic carbocycles. The Labute approximate surface area is 58.9 Å². The molecule has 0 N–H and O–H groups in total. The molecular weight excluding hydrogens is 134 g/mol. The molecule has 54 valence electrons. The van der Waals surface area contributed by atoms with Gasteiger partial charge in [-0.3, -0.25) is 4.21 Å². The highest BCUT2D eigenvalue weighted by atomic mass is 32.2. The molecule has 2 nitrogen and oxygen atoms in total. The second-order valence-corrected chi connectivity index (χ2v) is 4.93. The number of hydrogen-bond donors (Lipinski definition) is 0. The van der Waals surface area contributed by atoms with E-state index in [0.29, 0.717) is 0 Å². The summed E-state index contributed by atoms with van der Waals surface area (Å²) in [6.07, 6.45) is 0. The molecule has 0 aromatic heterocycles. The molecule has 0 amide bonds. The van der Waals surface area contributed by atoms with E-state index in [9.17, 15) is 4.21 Å². The monoisotopic (exact) mass is 148 g/mol. The summed E-state index contributed by atoms with van der Waals surface area (Å²) in [6, 6.07) is 0. The molecule has 0 atom stereocenters. The van der Waals surface area contributed by atoms with Gasteiger partial charge >= 0.3 is 0 Å². The van der Waals surface area contributed by atoms with Gasteiger partial charge in [-0.2, -0.15) is 0 Å². The molecule has 0 saturated carbocycles. The molecule has 1 aliphatic heterocycles. The van der Waals surface area contributed by atoms with Gasteiger partial charge in [-0.25, -0.2) is 0 Å². The third kappa shape index (κ3) is 2.06. The normalized spacial score (nSPS) is 28.2. The fourth-order valence-corrected chi connectivity index (χ4v) is 2.51. The zero-order valence-electron chi connectivity index (χ0n) is 6.09. The minimum Gasteiger partial charge on any atom is -0.327 e. The summed E-state index contributed by atoms with van der Waals surface area (Å²) >= 11 is 0. The third-order valence-electron chi connectivity index (χ3n) is 1.85. The maximum absolute atomic E-state index is 10.9. The number of rotatable bonds is 0. The smallest absolute Gasteiger partial charge is 0.0899 e. The van der Waals surface area contributed by atoms with Crippen molar-refractivity contribution in [3.63, 3.8) is 0 Å². The van der Waals surface area contributed by atoms with E-state index < -0.39 is 10.8 Å². The predicted molar refractivity (Wildman–Crippen MR) is 39.7 cm³/mol. The van der Waals surface area contributed by atoms with Crippen molar-refractivity contribution in [3.8, 4) is 0 Å². The Kier molecular flexibility index (Phi) is 1.91. The zero-order valence-corrected chi connectivity index (χ0v) is 6.91. The van der Waals surface area contributed by atoms with Gasteiger partial charge in [0.15, 0.2) is 0 Å². The highest BCUT2D eigenvalue weighted by Crippen LogP contribution is 2.04. The van der Waals surface area contributed by atoms with Gasteiger partial charge in [0.25, 0.3) is 0 Å². The van der Waals surface area contributed by atoms with Crippen molar-refractivity contribution in [2.45, 2.75) is 0 Å². The van der Waals surface area contributed by atoms with Crippen LogP contribution in [-0.2, 0) is 10.8 Å². The minimum atomic E-state index is -0.502. The van der Waals surface area contributed by atoms with E-state index in [-0.39, 0.29) is 0 Å². The number of quaternary nitrogens is 1. The van der Waals surface area contributed by atoms with E-state index in [1.54, 1.807) is 0 Å². The van der Waals surface area contributed by atoms with E-state index in [4.69, 9.17) is 0 Å². The summed E-state index contributed by atoms with van der Waals surface area (Å²) in [5, 5.41) is 0. The summed E-state index contributed by atoms with van der Waals surface area (Å²) in [5.74, 6) is 1.79. The van der Waals surface area contributed by atoms with E-state index in [0.717, 1.165) is 29.1 Å². The van der Waals surface area contributed by atoms with Gasteiger partial charge in [-0.1, -0.05) is 0 Å². The Morgan fingerprint density at radius 3 is 2.00 bits per heavy atom. The van der Waals surface area contributed by atoms with E-state index in [1.165, 1.54) is 0 Å². The van der Waals surface area contributed by atoms with Gasteiger partial charge in [0.1, 0.15) is 0 Å². The molecule has 1 saturated heterocycles. The van der Waals surface area contributed by atoms with Gasteiger partial charge in [-0.15, -0.1) is 0 Å². The lowest BCUT2D eigenvalue weighted by atomic mass is 10.5. The molecule has 9 heavy (non-hydrogen) atoms. The Balaban J connectivity index is 2.44. The lowest BCUT2D eigenvalue weighted by Crippen LogP contribution is -2.49. The first-order chi connectivity index (χ1) is 4.10.